The number of hydrogen-bond acceptors (Lipinski definition) is 4. The third kappa shape index (κ3) is 3.16. The zero-order valence-corrected chi connectivity index (χ0v) is 14.1. The summed E-state index contributed by atoms with van der Waals surface area (Å²) >= 11 is 6.29. The van der Waals surface area contributed by atoms with E-state index in [1.165, 1.54) is 0 Å². The summed E-state index contributed by atoms with van der Waals surface area (Å²) in [6, 6.07) is 11.1. The topological polar surface area (TPSA) is 80.9 Å². The zero-order valence-electron chi connectivity index (χ0n) is 13.4. The Hall–Kier alpha value is -2.66. The molecule has 1 amide bonds. The third-order valence-corrected chi connectivity index (χ3v) is 3.98. The van der Waals surface area contributed by atoms with Crippen molar-refractivity contribution in [2.45, 2.75) is 19.9 Å². The molecule has 0 saturated heterocycles. The number of rotatable bonds is 4. The van der Waals surface area contributed by atoms with Crippen LogP contribution in [0.5, 0.6) is 0 Å². The molecule has 0 unspecified atom stereocenters. The van der Waals surface area contributed by atoms with Gasteiger partial charge in [-0.25, -0.2) is 0 Å². The van der Waals surface area contributed by atoms with Gasteiger partial charge in [0, 0.05) is 33.0 Å². The second-order valence-corrected chi connectivity index (χ2v) is 6.26. The summed E-state index contributed by atoms with van der Waals surface area (Å²) in [5.41, 5.74) is 7.42. The summed E-state index contributed by atoms with van der Waals surface area (Å²) in [5.74, 6) is 0.258. The van der Waals surface area contributed by atoms with Crippen LogP contribution in [0.4, 0.5) is 5.82 Å². The fourth-order valence-corrected chi connectivity index (χ4v) is 2.76. The van der Waals surface area contributed by atoms with E-state index in [9.17, 15) is 4.79 Å². The Bertz CT molecular complexity index is 924. The minimum atomic E-state index is -0.483. The summed E-state index contributed by atoms with van der Waals surface area (Å²) < 4.78 is 0. The Balaban J connectivity index is 2.12. The molecule has 0 aliphatic rings. The van der Waals surface area contributed by atoms with Crippen molar-refractivity contribution in [1.82, 2.24) is 10.2 Å². The van der Waals surface area contributed by atoms with E-state index in [4.69, 9.17) is 17.3 Å². The normalized spacial score (nSPS) is 11.0. The molecule has 3 N–H and O–H groups in total. The summed E-state index contributed by atoms with van der Waals surface area (Å²) in [4.78, 5) is 11.4. The van der Waals surface area contributed by atoms with Crippen LogP contribution in [0.25, 0.3) is 21.9 Å². The number of aromatic nitrogens is 2. The third-order valence-electron chi connectivity index (χ3n) is 3.65. The monoisotopic (exact) mass is 340 g/mol. The first kappa shape index (κ1) is 16.2. The van der Waals surface area contributed by atoms with Gasteiger partial charge in [0.15, 0.2) is 5.82 Å². The fourth-order valence-electron chi connectivity index (χ4n) is 2.54. The number of nitrogens with zero attached hydrogens (tertiary/aromatic N) is 2. The average molecular weight is 341 g/mol. The summed E-state index contributed by atoms with van der Waals surface area (Å²) in [5, 5.41) is 14.0. The average Bonchev–Trinajstić information content (AvgIpc) is 2.54. The molecule has 0 aliphatic heterocycles. The van der Waals surface area contributed by atoms with Crippen LogP contribution in [-0.2, 0) is 0 Å². The molecule has 0 spiro atoms. The molecule has 0 saturated carbocycles. The number of amides is 1. The number of primary amides is 1. The lowest BCUT2D eigenvalue weighted by atomic mass is 10.00. The van der Waals surface area contributed by atoms with Crippen LogP contribution < -0.4 is 11.1 Å². The van der Waals surface area contributed by atoms with Gasteiger partial charge < -0.3 is 11.1 Å². The molecule has 0 aliphatic carbocycles. The molecule has 3 aromatic rings. The molecule has 1 heterocycles. The summed E-state index contributed by atoms with van der Waals surface area (Å²) in [6.07, 6.45) is 1.70. The van der Waals surface area contributed by atoms with Crippen molar-refractivity contribution in [2.24, 2.45) is 5.73 Å². The Morgan fingerprint density at radius 2 is 2.00 bits per heavy atom. The first-order valence-corrected chi connectivity index (χ1v) is 7.95. The van der Waals surface area contributed by atoms with E-state index in [0.717, 1.165) is 27.7 Å². The number of anilines is 1. The van der Waals surface area contributed by atoms with Gasteiger partial charge in [-0.15, -0.1) is 5.10 Å². The lowest BCUT2D eigenvalue weighted by Gasteiger charge is -2.12. The maximum atomic E-state index is 11.4. The molecule has 2 aromatic carbocycles. The van der Waals surface area contributed by atoms with Crippen LogP contribution in [0.15, 0.2) is 42.6 Å². The maximum Gasteiger partial charge on any atom is 0.248 e. The molecule has 5 nitrogen and oxygen atoms in total. The number of nitrogens with one attached hydrogen (secondary N) is 1. The Morgan fingerprint density at radius 1 is 1.21 bits per heavy atom. The Kier molecular flexibility index (Phi) is 4.36. The van der Waals surface area contributed by atoms with Gasteiger partial charge in [0.25, 0.3) is 0 Å². The highest BCUT2D eigenvalue weighted by atomic mass is 35.5. The van der Waals surface area contributed by atoms with Gasteiger partial charge in [0.05, 0.1) is 6.20 Å². The van der Waals surface area contributed by atoms with E-state index in [1.54, 1.807) is 24.4 Å². The number of fused-ring (bicyclic) bond motifs is 1. The fraction of sp³-hybridized carbons (Fsp3) is 0.167. The number of carbonyl (C=O) groups excluding carboxylic acids is 1. The highest BCUT2D eigenvalue weighted by Crippen LogP contribution is 2.32. The van der Waals surface area contributed by atoms with E-state index in [2.05, 4.69) is 15.5 Å². The molecule has 1 aromatic heterocycles. The van der Waals surface area contributed by atoms with Crippen molar-refractivity contribution in [1.29, 1.82) is 0 Å². The second-order valence-electron chi connectivity index (χ2n) is 5.85. The minimum Gasteiger partial charge on any atom is -0.366 e. The maximum absolute atomic E-state index is 11.4. The first-order valence-electron chi connectivity index (χ1n) is 7.57. The Morgan fingerprint density at radius 3 is 2.71 bits per heavy atom. The molecule has 24 heavy (non-hydrogen) atoms. The summed E-state index contributed by atoms with van der Waals surface area (Å²) in [7, 11) is 0. The van der Waals surface area contributed by atoms with Gasteiger partial charge in [-0.3, -0.25) is 4.79 Å². The molecule has 122 valence electrons. The van der Waals surface area contributed by atoms with Crippen molar-refractivity contribution >= 4 is 34.1 Å². The van der Waals surface area contributed by atoms with Crippen LogP contribution in [0.3, 0.4) is 0 Å². The molecule has 0 atom stereocenters. The van der Waals surface area contributed by atoms with E-state index in [1.807, 2.05) is 32.0 Å². The van der Waals surface area contributed by atoms with Crippen molar-refractivity contribution in [2.75, 3.05) is 5.32 Å². The van der Waals surface area contributed by atoms with Crippen molar-refractivity contribution in [3.05, 3.63) is 53.2 Å². The van der Waals surface area contributed by atoms with Gasteiger partial charge in [0.1, 0.15) is 0 Å². The van der Waals surface area contributed by atoms with Crippen LogP contribution in [0.1, 0.15) is 24.2 Å². The van der Waals surface area contributed by atoms with E-state index >= 15 is 0 Å². The van der Waals surface area contributed by atoms with Gasteiger partial charge >= 0.3 is 0 Å². The molecule has 6 heteroatoms. The number of nitrogens with two attached hydrogens (primary N) is 1. The van der Waals surface area contributed by atoms with Crippen LogP contribution in [0, 0.1) is 0 Å². The number of hydrogen-bond donors (Lipinski definition) is 2. The van der Waals surface area contributed by atoms with E-state index in [-0.39, 0.29) is 6.04 Å². The zero-order chi connectivity index (χ0) is 17.3. The predicted octanol–water partition coefficient (Wildman–Crippen LogP) is 3.87. The second kappa shape index (κ2) is 6.45. The number of carbonyl (C=O) groups is 1. The van der Waals surface area contributed by atoms with Crippen LogP contribution in [0.2, 0.25) is 5.02 Å². The SMILES string of the molecule is CC(C)Nc1nncc2cc(-c3cc(C(N)=O)ccc3Cl)ccc12. The van der Waals surface area contributed by atoms with Gasteiger partial charge in [0.2, 0.25) is 5.91 Å². The standard InChI is InChI=1S/C18H17ClN4O/c1-10(2)22-18-14-5-3-11(7-13(14)9-21-23-18)15-8-12(17(20)24)4-6-16(15)19/h3-10H,1-2H3,(H2,20,24)(H,22,23). The van der Waals surface area contributed by atoms with E-state index < -0.39 is 5.91 Å². The van der Waals surface area contributed by atoms with Crippen molar-refractivity contribution in [3.63, 3.8) is 0 Å². The highest BCUT2D eigenvalue weighted by Gasteiger charge is 2.11. The number of benzene rings is 2. The van der Waals surface area contributed by atoms with Gasteiger partial charge in [-0.1, -0.05) is 17.7 Å². The van der Waals surface area contributed by atoms with Crippen LogP contribution in [-0.4, -0.2) is 22.1 Å². The molecule has 0 fully saturated rings. The number of halogens is 1. The minimum absolute atomic E-state index is 0.256. The molecule has 0 bridgehead atoms. The Labute approximate surface area is 144 Å². The first-order chi connectivity index (χ1) is 11.5. The predicted molar refractivity (Wildman–Crippen MR) is 97.3 cm³/mol. The quantitative estimate of drug-likeness (QED) is 0.755. The summed E-state index contributed by atoms with van der Waals surface area (Å²) in [6.45, 7) is 4.09. The molecule has 3 rings (SSSR count). The van der Waals surface area contributed by atoms with Crippen molar-refractivity contribution < 1.29 is 4.79 Å². The lowest BCUT2D eigenvalue weighted by molar-refractivity contribution is 0.100. The van der Waals surface area contributed by atoms with Gasteiger partial charge in [-0.2, -0.15) is 5.10 Å². The molecular weight excluding hydrogens is 324 g/mol. The largest absolute Gasteiger partial charge is 0.366 e. The van der Waals surface area contributed by atoms with Crippen molar-refractivity contribution in [3.8, 4) is 11.1 Å². The lowest BCUT2D eigenvalue weighted by Crippen LogP contribution is -2.11. The smallest absolute Gasteiger partial charge is 0.248 e. The molecular formula is C18H17ClN4O. The molecule has 0 radical (unpaired) electrons. The highest BCUT2D eigenvalue weighted by molar-refractivity contribution is 6.33. The van der Waals surface area contributed by atoms with Gasteiger partial charge in [-0.05, 0) is 49.7 Å². The van der Waals surface area contributed by atoms with E-state index in [0.29, 0.717) is 10.6 Å². The van der Waals surface area contributed by atoms with Crippen LogP contribution >= 0.6 is 11.6 Å².